The minimum absolute atomic E-state index is 0.130. The van der Waals surface area contributed by atoms with Gasteiger partial charge < -0.3 is 10.6 Å². The Hall–Kier alpha value is -3.79. The largest absolute Gasteiger partial charge is 0.334 e. The molecule has 0 saturated carbocycles. The molecule has 1 unspecified atom stereocenters. The number of urea groups is 1. The Morgan fingerprint density at radius 1 is 1.16 bits per heavy atom. The summed E-state index contributed by atoms with van der Waals surface area (Å²) < 4.78 is 1.00. The lowest BCUT2D eigenvalue weighted by molar-refractivity contribution is -0.136. The summed E-state index contributed by atoms with van der Waals surface area (Å²) in [5.41, 5.74) is 1.18. The molecular formula is C20H17ClN6O4. The topological polar surface area (TPSA) is 135 Å². The Balaban J connectivity index is 1.46. The molecule has 4 amide bonds. The van der Waals surface area contributed by atoms with E-state index in [2.05, 4.69) is 26.3 Å². The van der Waals surface area contributed by atoms with Crippen molar-refractivity contribution in [3.63, 3.8) is 0 Å². The lowest BCUT2D eigenvalue weighted by atomic mass is 10.1. The molecule has 2 heterocycles. The number of nitrogens with one attached hydrogen (secondary N) is 3. The normalized spacial score (nSPS) is 16.1. The van der Waals surface area contributed by atoms with Crippen LogP contribution in [0, 0.1) is 0 Å². The molecule has 11 heteroatoms. The second kappa shape index (κ2) is 8.52. The monoisotopic (exact) mass is 440 g/mol. The highest BCUT2D eigenvalue weighted by molar-refractivity contribution is 6.30. The van der Waals surface area contributed by atoms with Crippen LogP contribution in [0.1, 0.15) is 24.4 Å². The van der Waals surface area contributed by atoms with Gasteiger partial charge in [-0.3, -0.25) is 19.7 Å². The average Bonchev–Trinajstić information content (AvgIpc) is 2.75. The number of hydrogen-bond acceptors (Lipinski definition) is 6. The number of nitrogens with zero attached hydrogens (tertiary/aromatic N) is 3. The number of aromatic nitrogens is 3. The van der Waals surface area contributed by atoms with Crippen molar-refractivity contribution in [1.82, 2.24) is 25.6 Å². The molecule has 0 spiro atoms. The van der Waals surface area contributed by atoms with E-state index in [1.54, 1.807) is 42.5 Å². The summed E-state index contributed by atoms with van der Waals surface area (Å²) in [5.74, 6) is -0.945. The lowest BCUT2D eigenvalue weighted by Crippen LogP contribution is -2.45. The first-order chi connectivity index (χ1) is 14.9. The molecule has 1 aromatic heterocycles. The van der Waals surface area contributed by atoms with Gasteiger partial charge in [-0.25, -0.2) is 4.79 Å². The summed E-state index contributed by atoms with van der Waals surface area (Å²) in [6.07, 6.45) is 0.320. The van der Waals surface area contributed by atoms with Gasteiger partial charge in [-0.05, 0) is 48.4 Å². The number of imide groups is 1. The number of amides is 4. The molecule has 0 bridgehead atoms. The van der Waals surface area contributed by atoms with Gasteiger partial charge in [0.15, 0.2) is 0 Å². The first-order valence-corrected chi connectivity index (χ1v) is 9.81. The van der Waals surface area contributed by atoms with Crippen LogP contribution in [0.25, 0.3) is 10.9 Å². The van der Waals surface area contributed by atoms with Crippen LogP contribution in [0.4, 0.5) is 10.5 Å². The van der Waals surface area contributed by atoms with E-state index in [9.17, 15) is 19.2 Å². The van der Waals surface area contributed by atoms with Gasteiger partial charge in [0.2, 0.25) is 5.91 Å². The summed E-state index contributed by atoms with van der Waals surface area (Å²) in [5, 5.41) is 16.4. The van der Waals surface area contributed by atoms with Crippen LogP contribution in [0.5, 0.6) is 0 Å². The highest BCUT2D eigenvalue weighted by atomic mass is 35.5. The van der Waals surface area contributed by atoms with Crippen LogP contribution in [0.3, 0.4) is 0 Å². The summed E-state index contributed by atoms with van der Waals surface area (Å²) in [4.78, 5) is 48.2. The van der Waals surface area contributed by atoms with E-state index in [4.69, 9.17) is 11.6 Å². The fourth-order valence-electron chi connectivity index (χ4n) is 3.22. The van der Waals surface area contributed by atoms with Gasteiger partial charge in [0.25, 0.3) is 11.5 Å². The van der Waals surface area contributed by atoms with Crippen LogP contribution >= 0.6 is 11.6 Å². The first kappa shape index (κ1) is 20.5. The molecule has 2 aromatic carbocycles. The highest BCUT2D eigenvalue weighted by Gasteiger charge is 2.30. The Bertz CT molecular complexity index is 1240. The second-order valence-corrected chi connectivity index (χ2v) is 7.41. The average molecular weight is 441 g/mol. The Kier molecular flexibility index (Phi) is 5.63. The lowest BCUT2D eigenvalue weighted by Gasteiger charge is -2.21. The van der Waals surface area contributed by atoms with Crippen molar-refractivity contribution in [2.75, 3.05) is 5.32 Å². The second-order valence-electron chi connectivity index (χ2n) is 6.97. The quantitative estimate of drug-likeness (QED) is 0.529. The summed E-state index contributed by atoms with van der Waals surface area (Å²) in [6, 6.07) is 10.3. The third-order valence-electron chi connectivity index (χ3n) is 4.81. The Morgan fingerprint density at radius 2 is 1.94 bits per heavy atom. The van der Waals surface area contributed by atoms with Crippen LogP contribution < -0.4 is 21.5 Å². The minimum Gasteiger partial charge on any atom is -0.334 e. The number of halogens is 1. The molecule has 158 valence electrons. The van der Waals surface area contributed by atoms with Gasteiger partial charge in [-0.15, -0.1) is 5.10 Å². The molecule has 4 rings (SSSR count). The number of rotatable bonds is 4. The van der Waals surface area contributed by atoms with Crippen molar-refractivity contribution in [3.05, 3.63) is 63.4 Å². The molecule has 1 atom stereocenters. The molecule has 31 heavy (non-hydrogen) atoms. The number of benzene rings is 2. The highest BCUT2D eigenvalue weighted by Crippen LogP contribution is 2.17. The maximum atomic E-state index is 12.8. The van der Waals surface area contributed by atoms with E-state index < -0.39 is 23.5 Å². The maximum Gasteiger partial charge on any atom is 0.319 e. The van der Waals surface area contributed by atoms with Crippen molar-refractivity contribution in [2.24, 2.45) is 0 Å². The van der Waals surface area contributed by atoms with E-state index in [0.29, 0.717) is 21.8 Å². The minimum atomic E-state index is -0.875. The third-order valence-corrected chi connectivity index (χ3v) is 5.06. The first-order valence-electron chi connectivity index (χ1n) is 9.43. The number of piperidine rings is 1. The van der Waals surface area contributed by atoms with Gasteiger partial charge in [0, 0.05) is 23.7 Å². The van der Waals surface area contributed by atoms with E-state index in [1.807, 2.05) is 0 Å². The number of carbonyl (C=O) groups excluding carboxylic acids is 3. The van der Waals surface area contributed by atoms with Gasteiger partial charge in [-0.2, -0.15) is 4.68 Å². The van der Waals surface area contributed by atoms with Crippen molar-refractivity contribution < 1.29 is 14.4 Å². The molecule has 3 N–H and O–H groups in total. The molecule has 1 aliphatic heterocycles. The third kappa shape index (κ3) is 4.53. The molecular weight excluding hydrogens is 424 g/mol. The summed E-state index contributed by atoms with van der Waals surface area (Å²) >= 11 is 5.82. The zero-order valence-electron chi connectivity index (χ0n) is 16.1. The molecule has 1 fully saturated rings. The molecule has 3 aromatic rings. The van der Waals surface area contributed by atoms with Gasteiger partial charge in [-0.1, -0.05) is 22.9 Å². The molecule has 1 saturated heterocycles. The van der Waals surface area contributed by atoms with Crippen LogP contribution in [0.2, 0.25) is 5.02 Å². The number of hydrogen-bond donors (Lipinski definition) is 3. The smallest absolute Gasteiger partial charge is 0.319 e. The Morgan fingerprint density at radius 3 is 2.68 bits per heavy atom. The van der Waals surface area contributed by atoms with Crippen LogP contribution in [-0.4, -0.2) is 32.8 Å². The van der Waals surface area contributed by atoms with E-state index in [1.165, 1.54) is 0 Å². The van der Waals surface area contributed by atoms with Crippen LogP contribution in [0.15, 0.2) is 47.3 Å². The SMILES string of the molecule is O=C1CCC(n2nnc3cc(CNC(=O)Nc4ccc(Cl)cc4)ccc3c2=O)C(=O)N1. The predicted octanol–water partition coefficient (Wildman–Crippen LogP) is 1.74. The van der Waals surface area contributed by atoms with Gasteiger partial charge >= 0.3 is 6.03 Å². The maximum absolute atomic E-state index is 12.8. The van der Waals surface area contributed by atoms with Gasteiger partial charge in [0.1, 0.15) is 11.6 Å². The predicted molar refractivity (Wildman–Crippen MR) is 113 cm³/mol. The number of fused-ring (bicyclic) bond motifs is 1. The fraction of sp³-hybridized carbons (Fsp3) is 0.200. The molecule has 10 nitrogen and oxygen atoms in total. The van der Waals surface area contributed by atoms with Crippen molar-refractivity contribution >= 4 is 46.0 Å². The van der Waals surface area contributed by atoms with E-state index >= 15 is 0 Å². The van der Waals surface area contributed by atoms with Gasteiger partial charge in [0.05, 0.1) is 5.39 Å². The zero-order valence-corrected chi connectivity index (χ0v) is 16.8. The number of carbonyl (C=O) groups is 3. The van der Waals surface area contributed by atoms with Crippen molar-refractivity contribution in [2.45, 2.75) is 25.4 Å². The van der Waals surface area contributed by atoms with Crippen LogP contribution in [-0.2, 0) is 16.1 Å². The Labute approximate surface area is 180 Å². The zero-order chi connectivity index (χ0) is 22.0. The summed E-state index contributed by atoms with van der Waals surface area (Å²) in [7, 11) is 0. The number of anilines is 1. The standard InChI is InChI=1S/C20H17ClN6O4/c21-12-2-4-13(5-3-12)23-20(31)22-10-11-1-6-14-15(9-11)25-26-27(19(14)30)16-7-8-17(28)24-18(16)29/h1-6,9,16H,7-8,10H2,(H2,22,23,31)(H,24,28,29). The summed E-state index contributed by atoms with van der Waals surface area (Å²) in [6.45, 7) is 0.202. The molecule has 0 radical (unpaired) electrons. The van der Waals surface area contributed by atoms with Crippen molar-refractivity contribution in [1.29, 1.82) is 0 Å². The van der Waals surface area contributed by atoms with E-state index in [-0.39, 0.29) is 30.7 Å². The van der Waals surface area contributed by atoms with Crippen molar-refractivity contribution in [3.8, 4) is 0 Å². The fourth-order valence-corrected chi connectivity index (χ4v) is 3.35. The molecule has 0 aliphatic carbocycles. The molecule has 1 aliphatic rings. The van der Waals surface area contributed by atoms with E-state index in [0.717, 1.165) is 4.68 Å².